The Morgan fingerprint density at radius 1 is 1.50 bits per heavy atom. The lowest BCUT2D eigenvalue weighted by molar-refractivity contribution is 0.544. The Balaban J connectivity index is 3.36. The molecule has 0 heteroatoms. The summed E-state index contributed by atoms with van der Waals surface area (Å²) in [6, 6.07) is 0. The predicted molar refractivity (Wildman–Crippen MR) is 29.7 cm³/mol. The maximum Gasteiger partial charge on any atom is 0.0300 e. The lowest BCUT2D eigenvalue weighted by Crippen LogP contribution is -1.85. The maximum atomic E-state index is 7.42. The van der Waals surface area contributed by atoms with Crippen molar-refractivity contribution in [2.24, 2.45) is 5.89 Å². The fourth-order valence-corrected chi connectivity index (χ4v) is 0.250. The summed E-state index contributed by atoms with van der Waals surface area (Å²) in [5, 5.41) is 0. The van der Waals surface area contributed by atoms with E-state index >= 15 is 0 Å². The van der Waals surface area contributed by atoms with E-state index in [9.17, 15) is 0 Å². The molecule has 0 saturated carbocycles. The minimum atomic E-state index is -0.167. The minimum Gasteiger partial charge on any atom is -0.0651 e. The molecule has 0 fully saturated rings. The fraction of sp³-hybridized carbons (Fsp3) is 1.00. The van der Waals surface area contributed by atoms with Crippen LogP contribution in [0.4, 0.5) is 0 Å². The summed E-state index contributed by atoms with van der Waals surface area (Å²) in [6.45, 7) is 6.07. The monoisotopic (exact) mass is 87.1 g/mol. The summed E-state index contributed by atoms with van der Waals surface area (Å²) >= 11 is 0. The topological polar surface area (TPSA) is 0 Å². The van der Waals surface area contributed by atoms with Gasteiger partial charge >= 0.3 is 0 Å². The Labute approximate surface area is 42.0 Å². The van der Waals surface area contributed by atoms with Gasteiger partial charge in [0.15, 0.2) is 0 Å². The van der Waals surface area contributed by atoms with Crippen LogP contribution in [-0.2, 0) is 0 Å². The van der Waals surface area contributed by atoms with Crippen LogP contribution in [0.25, 0.3) is 0 Å². The van der Waals surface area contributed by atoms with Gasteiger partial charge in [0.25, 0.3) is 0 Å². The standard InChI is InChI=1S/C6H14/c1-4-6(3)5-2/h6H,4-5H2,1-3H3/i6D. The van der Waals surface area contributed by atoms with Crippen molar-refractivity contribution in [1.82, 2.24) is 0 Å². The molecule has 0 rings (SSSR count). The van der Waals surface area contributed by atoms with Crippen molar-refractivity contribution in [2.75, 3.05) is 0 Å². The smallest absolute Gasteiger partial charge is 0.0300 e. The van der Waals surface area contributed by atoms with Gasteiger partial charge in [-0.3, -0.25) is 0 Å². The second-order valence-electron chi connectivity index (χ2n) is 1.66. The number of hydrogen-bond acceptors (Lipinski definition) is 0. The third kappa shape index (κ3) is 2.25. The molecule has 0 radical (unpaired) electrons. The van der Waals surface area contributed by atoms with Crippen LogP contribution in [0, 0.1) is 5.89 Å². The lowest BCUT2D eigenvalue weighted by atomic mass is 10.1. The zero-order valence-electron chi connectivity index (χ0n) is 5.91. The van der Waals surface area contributed by atoms with E-state index in [0.717, 1.165) is 12.8 Å². The Morgan fingerprint density at radius 3 is 1.83 bits per heavy atom. The molecule has 38 valence electrons. The SMILES string of the molecule is [2H]C(C)(CC)CC. The van der Waals surface area contributed by atoms with Crippen molar-refractivity contribution in [3.63, 3.8) is 0 Å². The van der Waals surface area contributed by atoms with Gasteiger partial charge < -0.3 is 0 Å². The molecule has 0 spiro atoms. The van der Waals surface area contributed by atoms with Gasteiger partial charge in [-0.05, 0) is 5.89 Å². The Morgan fingerprint density at radius 2 is 1.83 bits per heavy atom. The second kappa shape index (κ2) is 3.20. The zero-order valence-corrected chi connectivity index (χ0v) is 4.91. The summed E-state index contributed by atoms with van der Waals surface area (Å²) in [6.07, 6.45) is 1.92. The first-order chi connectivity index (χ1) is 3.12. The van der Waals surface area contributed by atoms with E-state index in [1.165, 1.54) is 0 Å². The van der Waals surface area contributed by atoms with Crippen LogP contribution in [0.15, 0.2) is 0 Å². The molecule has 0 aliphatic carbocycles. The first kappa shape index (κ1) is 4.17. The molecular formula is C6H14. The van der Waals surface area contributed by atoms with Crippen LogP contribution >= 0.6 is 0 Å². The molecule has 0 nitrogen and oxygen atoms in total. The van der Waals surface area contributed by atoms with Gasteiger partial charge in [-0.15, -0.1) is 0 Å². The summed E-state index contributed by atoms with van der Waals surface area (Å²) in [4.78, 5) is 0. The van der Waals surface area contributed by atoms with E-state index in [2.05, 4.69) is 13.8 Å². The molecule has 0 heterocycles. The molecule has 0 bridgehead atoms. The van der Waals surface area contributed by atoms with Crippen LogP contribution in [0.1, 0.15) is 35.0 Å². The molecule has 6 heavy (non-hydrogen) atoms. The molecule has 0 aromatic rings. The van der Waals surface area contributed by atoms with Crippen LogP contribution in [0.5, 0.6) is 0 Å². The molecule has 0 aliphatic rings. The molecule has 0 aromatic heterocycles. The summed E-state index contributed by atoms with van der Waals surface area (Å²) in [5.74, 6) is -0.167. The Hall–Kier alpha value is 0. The average Bonchev–Trinajstić information content (AvgIpc) is 1.68. The van der Waals surface area contributed by atoms with Gasteiger partial charge in [0.1, 0.15) is 0 Å². The number of rotatable bonds is 2. The van der Waals surface area contributed by atoms with Crippen molar-refractivity contribution in [3.05, 3.63) is 0 Å². The highest BCUT2D eigenvalue weighted by Crippen LogP contribution is 2.02. The fourth-order valence-electron chi connectivity index (χ4n) is 0.250. The molecule has 0 unspecified atom stereocenters. The molecule has 0 aliphatic heterocycles. The van der Waals surface area contributed by atoms with Crippen LogP contribution in [-0.4, -0.2) is 0 Å². The molecule has 0 N–H and O–H groups in total. The molecule has 0 amide bonds. The van der Waals surface area contributed by atoms with E-state index in [1.54, 1.807) is 0 Å². The van der Waals surface area contributed by atoms with Gasteiger partial charge in [0, 0.05) is 1.37 Å². The molecular weight excluding hydrogens is 72.1 g/mol. The van der Waals surface area contributed by atoms with E-state index in [1.807, 2.05) is 6.92 Å². The summed E-state index contributed by atoms with van der Waals surface area (Å²) in [5.41, 5.74) is 0. The largest absolute Gasteiger partial charge is 0.0651 e. The summed E-state index contributed by atoms with van der Waals surface area (Å²) < 4.78 is 7.42. The van der Waals surface area contributed by atoms with Crippen LogP contribution < -0.4 is 0 Å². The highest BCUT2D eigenvalue weighted by atomic mass is 13.9. The van der Waals surface area contributed by atoms with E-state index < -0.39 is 0 Å². The quantitative estimate of drug-likeness (QED) is 0.485. The van der Waals surface area contributed by atoms with Crippen molar-refractivity contribution in [3.8, 4) is 0 Å². The van der Waals surface area contributed by atoms with Crippen LogP contribution in [0.2, 0.25) is 0 Å². The van der Waals surface area contributed by atoms with Crippen molar-refractivity contribution in [2.45, 2.75) is 33.6 Å². The van der Waals surface area contributed by atoms with Gasteiger partial charge in [-0.2, -0.15) is 0 Å². The summed E-state index contributed by atoms with van der Waals surface area (Å²) in [7, 11) is 0. The predicted octanol–water partition coefficient (Wildman–Crippen LogP) is 2.44. The van der Waals surface area contributed by atoms with E-state index in [4.69, 9.17) is 1.37 Å². The first-order valence-electron chi connectivity index (χ1n) is 3.12. The Kier molecular flexibility index (Phi) is 2.22. The number of hydrogen-bond donors (Lipinski definition) is 0. The van der Waals surface area contributed by atoms with Gasteiger partial charge in [-0.1, -0.05) is 33.6 Å². The maximum absolute atomic E-state index is 7.42. The third-order valence-corrected chi connectivity index (χ3v) is 1.21. The van der Waals surface area contributed by atoms with Gasteiger partial charge in [0.2, 0.25) is 0 Å². The van der Waals surface area contributed by atoms with E-state index in [0.29, 0.717) is 0 Å². The van der Waals surface area contributed by atoms with Crippen LogP contribution in [0.3, 0.4) is 0 Å². The van der Waals surface area contributed by atoms with Gasteiger partial charge in [0.05, 0.1) is 0 Å². The zero-order chi connectivity index (χ0) is 5.91. The van der Waals surface area contributed by atoms with Gasteiger partial charge in [-0.25, -0.2) is 0 Å². The van der Waals surface area contributed by atoms with Crippen molar-refractivity contribution in [1.29, 1.82) is 0 Å². The molecule has 0 aromatic carbocycles. The normalized spacial score (nSPS) is 14.2. The van der Waals surface area contributed by atoms with E-state index in [-0.39, 0.29) is 5.89 Å². The minimum absolute atomic E-state index is 0.167. The first-order valence-corrected chi connectivity index (χ1v) is 2.62. The van der Waals surface area contributed by atoms with Crippen molar-refractivity contribution < 1.29 is 1.37 Å². The lowest BCUT2D eigenvalue weighted by Gasteiger charge is -1.98. The highest BCUT2D eigenvalue weighted by Gasteiger charge is 1.88. The van der Waals surface area contributed by atoms with Crippen molar-refractivity contribution >= 4 is 0 Å². The third-order valence-electron chi connectivity index (χ3n) is 1.21. The second-order valence-corrected chi connectivity index (χ2v) is 1.66. The molecule has 0 atom stereocenters. The average molecular weight is 87.2 g/mol. The highest BCUT2D eigenvalue weighted by molar-refractivity contribution is 4.41. The Bertz CT molecular complexity index is 42.1. The molecule has 0 saturated heterocycles.